The number of ether oxygens (including phenoxy) is 2. The number of methoxy groups -OCH3 is 2. The summed E-state index contributed by atoms with van der Waals surface area (Å²) in [4.78, 5) is 23.6. The molecular formula is C18H17ClO4. The van der Waals surface area contributed by atoms with Gasteiger partial charge in [0.25, 0.3) is 0 Å². The molecule has 0 fully saturated rings. The van der Waals surface area contributed by atoms with Crippen molar-refractivity contribution in [3.05, 3.63) is 69.7 Å². The number of hydrogen-bond acceptors (Lipinski definition) is 4. The number of carbonyl (C=O) groups is 2. The van der Waals surface area contributed by atoms with Gasteiger partial charge in [-0.25, -0.2) is 9.59 Å². The fraction of sp³-hybridized carbons (Fsp3) is 0.222. The Hall–Kier alpha value is -2.33. The van der Waals surface area contributed by atoms with Crippen LogP contribution in [0.3, 0.4) is 0 Å². The summed E-state index contributed by atoms with van der Waals surface area (Å²) in [6.07, 6.45) is 1.36. The van der Waals surface area contributed by atoms with Crippen LogP contribution in [0.15, 0.2) is 42.5 Å². The van der Waals surface area contributed by atoms with E-state index in [0.29, 0.717) is 22.6 Å². The largest absolute Gasteiger partial charge is 0.465 e. The number of aryl methyl sites for hydroxylation is 2. The molecule has 23 heavy (non-hydrogen) atoms. The van der Waals surface area contributed by atoms with E-state index in [4.69, 9.17) is 16.3 Å². The molecule has 0 radical (unpaired) electrons. The second-order valence-electron chi connectivity index (χ2n) is 4.99. The van der Waals surface area contributed by atoms with Gasteiger partial charge in [0, 0.05) is 5.02 Å². The molecule has 120 valence electrons. The van der Waals surface area contributed by atoms with Crippen molar-refractivity contribution in [3.8, 4) is 0 Å². The average molecular weight is 333 g/mol. The molecule has 0 amide bonds. The van der Waals surface area contributed by atoms with Crippen molar-refractivity contribution in [1.29, 1.82) is 0 Å². The third-order valence-corrected chi connectivity index (χ3v) is 3.74. The maximum Gasteiger partial charge on any atom is 0.338 e. The lowest BCUT2D eigenvalue weighted by Gasteiger charge is -2.10. The van der Waals surface area contributed by atoms with Gasteiger partial charge < -0.3 is 9.47 Å². The van der Waals surface area contributed by atoms with Crippen molar-refractivity contribution in [3.63, 3.8) is 0 Å². The first-order valence-electron chi connectivity index (χ1n) is 7.09. The molecule has 2 aromatic rings. The highest BCUT2D eigenvalue weighted by Gasteiger charge is 2.16. The van der Waals surface area contributed by atoms with Gasteiger partial charge in [-0.05, 0) is 48.2 Å². The molecule has 0 unspecified atom stereocenters. The van der Waals surface area contributed by atoms with Crippen molar-refractivity contribution >= 4 is 23.5 Å². The van der Waals surface area contributed by atoms with Crippen molar-refractivity contribution < 1.29 is 19.1 Å². The molecule has 0 aromatic heterocycles. The highest BCUT2D eigenvalue weighted by atomic mass is 35.5. The second-order valence-corrected chi connectivity index (χ2v) is 5.42. The fourth-order valence-electron chi connectivity index (χ4n) is 2.31. The van der Waals surface area contributed by atoms with Crippen LogP contribution in [0.25, 0.3) is 0 Å². The molecular weight excluding hydrogens is 316 g/mol. The van der Waals surface area contributed by atoms with Crippen molar-refractivity contribution in [2.45, 2.75) is 12.8 Å². The summed E-state index contributed by atoms with van der Waals surface area (Å²) in [6.45, 7) is 0. The fourth-order valence-corrected chi connectivity index (χ4v) is 2.52. The third-order valence-electron chi connectivity index (χ3n) is 3.51. The van der Waals surface area contributed by atoms with E-state index in [1.54, 1.807) is 12.1 Å². The maximum absolute atomic E-state index is 12.0. The topological polar surface area (TPSA) is 52.6 Å². The first-order chi connectivity index (χ1) is 11.0. The third kappa shape index (κ3) is 4.33. The molecule has 5 heteroatoms. The Balaban J connectivity index is 2.26. The number of rotatable bonds is 5. The molecule has 0 heterocycles. The van der Waals surface area contributed by atoms with Crippen LogP contribution in [0.1, 0.15) is 31.8 Å². The monoisotopic (exact) mass is 332 g/mol. The van der Waals surface area contributed by atoms with E-state index in [-0.39, 0.29) is 0 Å². The van der Waals surface area contributed by atoms with Crippen molar-refractivity contribution in [1.82, 2.24) is 0 Å². The minimum Gasteiger partial charge on any atom is -0.465 e. The zero-order chi connectivity index (χ0) is 16.8. The number of esters is 2. The van der Waals surface area contributed by atoms with Gasteiger partial charge in [-0.3, -0.25) is 0 Å². The molecule has 0 aliphatic rings. The van der Waals surface area contributed by atoms with Crippen molar-refractivity contribution in [2.24, 2.45) is 0 Å². The molecule has 0 aliphatic carbocycles. The van der Waals surface area contributed by atoms with E-state index in [1.165, 1.54) is 20.3 Å². The van der Waals surface area contributed by atoms with Crippen molar-refractivity contribution in [2.75, 3.05) is 14.2 Å². The van der Waals surface area contributed by atoms with Gasteiger partial charge in [0.15, 0.2) is 0 Å². The number of carbonyl (C=O) groups excluding carboxylic acids is 2. The first-order valence-corrected chi connectivity index (χ1v) is 7.47. The minimum atomic E-state index is -0.489. The molecule has 0 spiro atoms. The molecule has 2 aromatic carbocycles. The summed E-state index contributed by atoms with van der Waals surface area (Å²) < 4.78 is 9.49. The first kappa shape index (κ1) is 17.0. The van der Waals surface area contributed by atoms with E-state index in [1.807, 2.05) is 24.3 Å². The van der Waals surface area contributed by atoms with Gasteiger partial charge in [0.2, 0.25) is 0 Å². The lowest BCUT2D eigenvalue weighted by Crippen LogP contribution is -2.10. The average Bonchev–Trinajstić information content (AvgIpc) is 2.58. The quantitative estimate of drug-likeness (QED) is 0.783. The predicted octanol–water partition coefficient (Wildman–Crippen LogP) is 3.70. The maximum atomic E-state index is 12.0. The Morgan fingerprint density at radius 2 is 1.70 bits per heavy atom. The zero-order valence-electron chi connectivity index (χ0n) is 13.0. The highest BCUT2D eigenvalue weighted by molar-refractivity contribution is 6.30. The van der Waals surface area contributed by atoms with Gasteiger partial charge in [0.1, 0.15) is 0 Å². The van der Waals surface area contributed by atoms with Gasteiger partial charge in [-0.1, -0.05) is 29.8 Å². The molecule has 0 aliphatic heterocycles. The Kier molecular flexibility index (Phi) is 5.77. The molecule has 0 N–H and O–H groups in total. The molecule has 0 saturated carbocycles. The summed E-state index contributed by atoms with van der Waals surface area (Å²) in [6, 6.07) is 12.5. The highest BCUT2D eigenvalue weighted by Crippen LogP contribution is 2.18. The van der Waals surface area contributed by atoms with Gasteiger partial charge in [-0.2, -0.15) is 0 Å². The summed E-state index contributed by atoms with van der Waals surface area (Å²) in [5.74, 6) is -0.964. The number of hydrogen-bond donors (Lipinski definition) is 0. The van der Waals surface area contributed by atoms with Gasteiger partial charge in [-0.15, -0.1) is 0 Å². The van der Waals surface area contributed by atoms with Crippen LogP contribution in [-0.4, -0.2) is 26.2 Å². The van der Waals surface area contributed by atoms with Crippen LogP contribution >= 0.6 is 11.6 Å². The van der Waals surface area contributed by atoms with Crippen LogP contribution in [-0.2, 0) is 22.3 Å². The Morgan fingerprint density at radius 1 is 0.957 bits per heavy atom. The molecule has 0 bridgehead atoms. The Morgan fingerprint density at radius 3 is 2.35 bits per heavy atom. The summed E-state index contributed by atoms with van der Waals surface area (Å²) in [7, 11) is 2.61. The van der Waals surface area contributed by atoms with Crippen LogP contribution in [0.4, 0.5) is 0 Å². The Bertz CT molecular complexity index is 725. The number of benzene rings is 2. The lowest BCUT2D eigenvalue weighted by atomic mass is 9.98. The molecule has 0 atom stereocenters. The molecule has 4 nitrogen and oxygen atoms in total. The normalized spacial score (nSPS) is 10.2. The van der Waals surface area contributed by atoms with Crippen LogP contribution in [0.5, 0.6) is 0 Å². The minimum absolute atomic E-state index is 0.319. The SMILES string of the molecule is COC(=O)c1ccc(CCc2cccc(Cl)c2)c(C(=O)OC)c1. The van der Waals surface area contributed by atoms with E-state index in [2.05, 4.69) is 4.74 Å². The van der Waals surface area contributed by atoms with E-state index in [0.717, 1.165) is 17.5 Å². The predicted molar refractivity (Wildman–Crippen MR) is 88.0 cm³/mol. The smallest absolute Gasteiger partial charge is 0.338 e. The summed E-state index contributed by atoms with van der Waals surface area (Å²) >= 11 is 5.98. The molecule has 0 saturated heterocycles. The van der Waals surface area contributed by atoms with Crippen LogP contribution < -0.4 is 0 Å². The Labute approximate surface area is 140 Å². The summed E-state index contributed by atoms with van der Waals surface area (Å²) in [5.41, 5.74) is 2.58. The lowest BCUT2D eigenvalue weighted by molar-refractivity contribution is 0.0598. The van der Waals surface area contributed by atoms with E-state index in [9.17, 15) is 9.59 Å². The zero-order valence-corrected chi connectivity index (χ0v) is 13.7. The standard InChI is InChI=1S/C18H17ClO4/c1-22-17(20)14-9-8-13(16(11-14)18(21)23-2)7-6-12-4-3-5-15(19)10-12/h3-5,8-11H,6-7H2,1-2H3. The van der Waals surface area contributed by atoms with Crippen LogP contribution in [0, 0.1) is 0 Å². The number of halogens is 1. The van der Waals surface area contributed by atoms with Crippen LogP contribution in [0.2, 0.25) is 5.02 Å². The van der Waals surface area contributed by atoms with E-state index < -0.39 is 11.9 Å². The van der Waals surface area contributed by atoms with Gasteiger partial charge >= 0.3 is 11.9 Å². The van der Waals surface area contributed by atoms with Gasteiger partial charge in [0.05, 0.1) is 25.3 Å². The molecule has 2 rings (SSSR count). The van der Waals surface area contributed by atoms with E-state index >= 15 is 0 Å². The summed E-state index contributed by atoms with van der Waals surface area (Å²) in [5, 5.41) is 0.678. The second kappa shape index (κ2) is 7.79.